The third kappa shape index (κ3) is 5.29. The fourth-order valence-electron chi connectivity index (χ4n) is 4.13. The molecular weight excluding hydrogens is 475 g/mol. The molecule has 0 aliphatic carbocycles. The molecule has 8 nitrogen and oxygen atoms in total. The van der Waals surface area contributed by atoms with E-state index in [0.29, 0.717) is 25.2 Å². The van der Waals surface area contributed by atoms with Gasteiger partial charge in [0.2, 0.25) is 11.3 Å². The third-order valence-corrected chi connectivity index (χ3v) is 6.06. The van der Waals surface area contributed by atoms with Gasteiger partial charge >= 0.3 is 6.18 Å². The summed E-state index contributed by atoms with van der Waals surface area (Å²) in [5.41, 5.74) is -0.791. The van der Waals surface area contributed by atoms with Crippen molar-refractivity contribution < 1.29 is 22.8 Å². The van der Waals surface area contributed by atoms with E-state index in [9.17, 15) is 27.6 Å². The highest BCUT2D eigenvalue weighted by atomic mass is 19.4. The average molecular weight is 499 g/mol. The number of hydrogen-bond acceptors (Lipinski definition) is 5. The first-order chi connectivity index (χ1) is 17.0. The van der Waals surface area contributed by atoms with Crippen LogP contribution in [0.3, 0.4) is 0 Å². The molecule has 1 aromatic carbocycles. The normalized spacial score (nSPS) is 16.0. The summed E-state index contributed by atoms with van der Waals surface area (Å²) >= 11 is 0. The van der Waals surface area contributed by atoms with Gasteiger partial charge in [0.15, 0.2) is 5.69 Å². The van der Waals surface area contributed by atoms with E-state index in [0.717, 1.165) is 22.4 Å². The molecular formula is C25H24F3N5O3. The van der Waals surface area contributed by atoms with E-state index in [4.69, 9.17) is 0 Å². The highest BCUT2D eigenvalue weighted by Gasteiger charge is 2.32. The summed E-state index contributed by atoms with van der Waals surface area (Å²) in [5.74, 6) is -1.03. The summed E-state index contributed by atoms with van der Waals surface area (Å²) in [7, 11) is 0. The average Bonchev–Trinajstić information content (AvgIpc) is 2.85. The molecule has 0 radical (unpaired) electrons. The molecule has 2 aromatic heterocycles. The minimum atomic E-state index is -4.56. The van der Waals surface area contributed by atoms with Crippen molar-refractivity contribution in [1.29, 1.82) is 0 Å². The van der Waals surface area contributed by atoms with Gasteiger partial charge in [-0.1, -0.05) is 12.1 Å². The van der Waals surface area contributed by atoms with E-state index in [-0.39, 0.29) is 23.8 Å². The van der Waals surface area contributed by atoms with E-state index < -0.39 is 34.7 Å². The fraction of sp³-hybridized carbons (Fsp3) is 0.320. The number of rotatable bonds is 4. The molecule has 0 saturated carbocycles. The standard InChI is InChI=1S/C25H24F3N5O3/c1-15-6-4-10-29-22(15)30-23(35)17-7-5-11-32(14-17)24(36)21-20(34)12-16(2)33(31-21)19-9-3-8-18(13-19)25(26,27)28/h3-4,6,8-10,12-13,17H,5,7,11,14H2,1-2H3,(H,29,30,35)/t17-/m1/s1. The van der Waals surface area contributed by atoms with Gasteiger partial charge in [-0.25, -0.2) is 9.67 Å². The van der Waals surface area contributed by atoms with Crippen molar-refractivity contribution in [2.24, 2.45) is 5.92 Å². The number of carbonyl (C=O) groups excluding carboxylic acids is 2. The van der Waals surface area contributed by atoms with E-state index in [1.807, 2.05) is 13.0 Å². The van der Waals surface area contributed by atoms with Crippen molar-refractivity contribution in [3.05, 3.63) is 81.4 Å². The zero-order chi connectivity index (χ0) is 26.0. The molecule has 11 heteroatoms. The molecule has 1 N–H and O–H groups in total. The number of pyridine rings is 1. The van der Waals surface area contributed by atoms with Gasteiger partial charge in [-0.2, -0.15) is 18.3 Å². The molecule has 1 atom stereocenters. The minimum absolute atomic E-state index is 0.0676. The predicted molar refractivity (Wildman–Crippen MR) is 126 cm³/mol. The summed E-state index contributed by atoms with van der Waals surface area (Å²) < 4.78 is 40.7. The Kier molecular flexibility index (Phi) is 6.91. The maximum absolute atomic E-state index is 13.2. The Morgan fingerprint density at radius 2 is 1.89 bits per heavy atom. The Morgan fingerprint density at radius 1 is 1.11 bits per heavy atom. The second kappa shape index (κ2) is 9.92. The number of hydrogen-bond donors (Lipinski definition) is 1. The smallest absolute Gasteiger partial charge is 0.336 e. The summed E-state index contributed by atoms with van der Waals surface area (Å²) in [4.78, 5) is 44.3. The van der Waals surface area contributed by atoms with Crippen molar-refractivity contribution in [2.45, 2.75) is 32.9 Å². The number of nitrogens with one attached hydrogen (secondary N) is 1. The summed E-state index contributed by atoms with van der Waals surface area (Å²) in [6.45, 7) is 3.74. The van der Waals surface area contributed by atoms with Crippen LogP contribution in [0.4, 0.5) is 19.0 Å². The number of aryl methyl sites for hydroxylation is 2. The van der Waals surface area contributed by atoms with E-state index >= 15 is 0 Å². The highest BCUT2D eigenvalue weighted by Crippen LogP contribution is 2.30. The third-order valence-electron chi connectivity index (χ3n) is 6.06. The number of likely N-dealkylation sites (tertiary alicyclic amines) is 1. The molecule has 2 amide bonds. The van der Waals surface area contributed by atoms with Crippen molar-refractivity contribution in [2.75, 3.05) is 18.4 Å². The number of anilines is 1. The van der Waals surface area contributed by atoms with Crippen LogP contribution in [-0.4, -0.2) is 44.6 Å². The molecule has 1 fully saturated rings. The topological polar surface area (TPSA) is 97.2 Å². The predicted octanol–water partition coefficient (Wildman–Crippen LogP) is 3.75. The molecule has 0 bridgehead atoms. The van der Waals surface area contributed by atoms with E-state index in [2.05, 4.69) is 15.4 Å². The van der Waals surface area contributed by atoms with Gasteiger partial charge in [-0.15, -0.1) is 0 Å². The lowest BCUT2D eigenvalue weighted by Crippen LogP contribution is -2.45. The van der Waals surface area contributed by atoms with Crippen LogP contribution >= 0.6 is 0 Å². The van der Waals surface area contributed by atoms with Crippen LogP contribution in [0.25, 0.3) is 5.69 Å². The minimum Gasteiger partial charge on any atom is -0.336 e. The van der Waals surface area contributed by atoms with Crippen LogP contribution in [0.15, 0.2) is 53.5 Å². The fourth-order valence-corrected chi connectivity index (χ4v) is 4.13. The number of amides is 2. The van der Waals surface area contributed by atoms with Crippen LogP contribution < -0.4 is 10.7 Å². The molecule has 1 saturated heterocycles. The largest absolute Gasteiger partial charge is 0.416 e. The SMILES string of the molecule is Cc1cccnc1NC(=O)[C@@H]1CCCN(C(=O)c2nn(-c3cccc(C(F)(F)F)c3)c(C)cc2=O)C1. The van der Waals surface area contributed by atoms with Gasteiger partial charge < -0.3 is 10.2 Å². The van der Waals surface area contributed by atoms with Crippen molar-refractivity contribution in [3.63, 3.8) is 0 Å². The van der Waals surface area contributed by atoms with Crippen LogP contribution in [0.2, 0.25) is 0 Å². The molecule has 1 aliphatic rings. The second-order valence-corrected chi connectivity index (χ2v) is 8.71. The van der Waals surface area contributed by atoms with Crippen molar-refractivity contribution in [3.8, 4) is 5.69 Å². The molecule has 188 valence electrons. The van der Waals surface area contributed by atoms with Gasteiger partial charge in [-0.3, -0.25) is 14.4 Å². The van der Waals surface area contributed by atoms with E-state index in [1.54, 1.807) is 12.3 Å². The quantitative estimate of drug-likeness (QED) is 0.590. The molecule has 3 aromatic rings. The first-order valence-corrected chi connectivity index (χ1v) is 11.3. The number of aromatic nitrogens is 3. The van der Waals surface area contributed by atoms with Crippen LogP contribution in [0.5, 0.6) is 0 Å². The van der Waals surface area contributed by atoms with Gasteiger partial charge in [0, 0.05) is 31.0 Å². The number of benzene rings is 1. The van der Waals surface area contributed by atoms with Crippen LogP contribution in [0.1, 0.15) is 40.2 Å². The zero-order valence-electron chi connectivity index (χ0n) is 19.7. The summed E-state index contributed by atoms with van der Waals surface area (Å²) in [6.07, 6.45) is -1.90. The number of halogens is 3. The Labute approximate surface area is 204 Å². The maximum Gasteiger partial charge on any atom is 0.416 e. The number of carbonyl (C=O) groups is 2. The Balaban J connectivity index is 1.57. The second-order valence-electron chi connectivity index (χ2n) is 8.71. The van der Waals surface area contributed by atoms with Gasteiger partial charge in [0.1, 0.15) is 5.82 Å². The molecule has 3 heterocycles. The summed E-state index contributed by atoms with van der Waals surface area (Å²) in [5, 5.41) is 6.91. The molecule has 1 aliphatic heterocycles. The Bertz CT molecular complexity index is 1370. The molecule has 0 unspecified atom stereocenters. The first kappa shape index (κ1) is 25.1. The first-order valence-electron chi connectivity index (χ1n) is 11.3. The molecule has 0 spiro atoms. The zero-order valence-corrected chi connectivity index (χ0v) is 19.7. The number of nitrogens with zero attached hydrogens (tertiary/aromatic N) is 4. The lowest BCUT2D eigenvalue weighted by Gasteiger charge is -2.31. The van der Waals surface area contributed by atoms with Crippen molar-refractivity contribution in [1.82, 2.24) is 19.7 Å². The Morgan fingerprint density at radius 3 is 2.61 bits per heavy atom. The number of piperidine rings is 1. The number of alkyl halides is 3. The van der Waals surface area contributed by atoms with Gasteiger partial charge in [0.05, 0.1) is 17.2 Å². The van der Waals surface area contributed by atoms with Crippen LogP contribution in [-0.2, 0) is 11.0 Å². The summed E-state index contributed by atoms with van der Waals surface area (Å²) in [6, 6.07) is 9.21. The monoisotopic (exact) mass is 499 g/mol. The van der Waals surface area contributed by atoms with Crippen LogP contribution in [0, 0.1) is 19.8 Å². The lowest BCUT2D eigenvalue weighted by atomic mass is 9.96. The van der Waals surface area contributed by atoms with Crippen molar-refractivity contribution >= 4 is 17.6 Å². The van der Waals surface area contributed by atoms with Gasteiger partial charge in [0.25, 0.3) is 5.91 Å². The van der Waals surface area contributed by atoms with E-state index in [1.165, 1.54) is 30.0 Å². The lowest BCUT2D eigenvalue weighted by molar-refractivity contribution is -0.137. The maximum atomic E-state index is 13.2. The Hall–Kier alpha value is -4.02. The van der Waals surface area contributed by atoms with Gasteiger partial charge in [-0.05, 0) is 56.5 Å². The molecule has 36 heavy (non-hydrogen) atoms. The highest BCUT2D eigenvalue weighted by molar-refractivity contribution is 5.95. The molecule has 4 rings (SSSR count).